The lowest BCUT2D eigenvalue weighted by atomic mass is 9.55. The predicted octanol–water partition coefficient (Wildman–Crippen LogP) is 2.63. The molecular formula is C35H40N6O8. The first-order chi connectivity index (χ1) is 23.2. The second-order valence-corrected chi connectivity index (χ2v) is 13.0. The van der Waals surface area contributed by atoms with Crippen LogP contribution in [0.25, 0.3) is 11.3 Å². The molecule has 3 aliphatic rings. The van der Waals surface area contributed by atoms with Crippen molar-refractivity contribution in [2.45, 2.75) is 44.4 Å². The smallest absolute Gasteiger partial charge is 0.255 e. The first-order valence-corrected chi connectivity index (χ1v) is 16.0. The molecule has 258 valence electrons. The molecule has 0 radical (unpaired) electrons. The molecule has 2 aromatic carbocycles. The number of Topliss-reactive ketones (excluding diaryl/α,β-unsaturated/α-hetero) is 2. The Labute approximate surface area is 282 Å². The number of aliphatic hydroxyl groups excluding tert-OH is 3. The first-order valence-electron chi connectivity index (χ1n) is 16.0. The number of hydrogen-bond acceptors (Lipinski definition) is 12. The van der Waals surface area contributed by atoms with Gasteiger partial charge in [-0.2, -0.15) is 0 Å². The lowest BCUT2D eigenvalue weighted by Crippen LogP contribution is -2.68. The van der Waals surface area contributed by atoms with Crippen molar-refractivity contribution in [2.24, 2.45) is 17.6 Å². The van der Waals surface area contributed by atoms with E-state index in [-0.39, 0.29) is 17.2 Å². The molecule has 0 saturated heterocycles. The summed E-state index contributed by atoms with van der Waals surface area (Å²) in [7, 11) is 2.97. The number of H-pyrrole nitrogens is 1. The van der Waals surface area contributed by atoms with Crippen LogP contribution in [0.5, 0.6) is 5.75 Å². The van der Waals surface area contributed by atoms with Gasteiger partial charge in [-0.1, -0.05) is 25.1 Å². The van der Waals surface area contributed by atoms with Crippen molar-refractivity contribution in [3.8, 4) is 17.0 Å². The molecule has 14 heteroatoms. The summed E-state index contributed by atoms with van der Waals surface area (Å²) in [4.78, 5) is 51.2. The van der Waals surface area contributed by atoms with Crippen LogP contribution in [0, 0.1) is 11.8 Å². The number of nitrogens with two attached hydrogens (primary N) is 1. The highest BCUT2D eigenvalue weighted by atomic mass is 16.4. The van der Waals surface area contributed by atoms with Crippen molar-refractivity contribution < 1.29 is 39.9 Å². The number of likely N-dealkylation sites (N-methyl/N-ethyl adjacent to an activating group) is 1. The number of nitrogens with zero attached hydrogens (tertiary/aromatic N) is 3. The SMILES string of the molecule is CCN(CC)c1ccc(-c2c[nH]c(Nc3ccc4c(c3O)C(=O)C3=C(O)[C@]5(O)C(=O)C(C(N)=O)=C(O)[C@@H](N(C)C)[C@@H]5[C@@H](O)[C@@H]3[C@H]4C)n2)cc1. The number of ketones is 2. The van der Waals surface area contributed by atoms with Crippen molar-refractivity contribution >= 4 is 34.8 Å². The Balaban J connectivity index is 1.38. The van der Waals surface area contributed by atoms with Gasteiger partial charge in [0, 0.05) is 42.0 Å². The fourth-order valence-corrected chi connectivity index (χ4v) is 7.82. The van der Waals surface area contributed by atoms with Gasteiger partial charge in [-0.3, -0.25) is 19.3 Å². The molecular weight excluding hydrogens is 632 g/mol. The number of nitrogens with one attached hydrogen (secondary N) is 2. The highest BCUT2D eigenvalue weighted by Crippen LogP contribution is 2.56. The van der Waals surface area contributed by atoms with Gasteiger partial charge in [-0.15, -0.1) is 0 Å². The second-order valence-electron chi connectivity index (χ2n) is 13.0. The third-order valence-electron chi connectivity index (χ3n) is 10.3. The zero-order chi connectivity index (χ0) is 35.7. The van der Waals surface area contributed by atoms with E-state index in [0.717, 1.165) is 24.3 Å². The van der Waals surface area contributed by atoms with E-state index in [0.29, 0.717) is 11.3 Å². The number of aliphatic hydroxyl groups is 4. The van der Waals surface area contributed by atoms with Crippen LogP contribution >= 0.6 is 0 Å². The molecule has 3 aliphatic carbocycles. The average molecular weight is 673 g/mol. The molecule has 9 N–H and O–H groups in total. The zero-order valence-corrected chi connectivity index (χ0v) is 27.7. The van der Waals surface area contributed by atoms with E-state index in [4.69, 9.17) is 5.73 Å². The van der Waals surface area contributed by atoms with Gasteiger partial charge in [0.25, 0.3) is 5.91 Å². The number of phenolic OH excluding ortho intramolecular Hbond substituents is 1. The van der Waals surface area contributed by atoms with E-state index in [1.54, 1.807) is 25.3 Å². The van der Waals surface area contributed by atoms with E-state index in [9.17, 15) is 39.9 Å². The van der Waals surface area contributed by atoms with Gasteiger partial charge < -0.3 is 46.5 Å². The molecule has 0 unspecified atom stereocenters. The van der Waals surface area contributed by atoms with E-state index in [1.165, 1.54) is 19.0 Å². The third kappa shape index (κ3) is 4.89. The highest BCUT2D eigenvalue weighted by molar-refractivity contribution is 6.25. The number of aromatic nitrogens is 2. The Morgan fingerprint density at radius 3 is 2.31 bits per heavy atom. The molecule has 14 nitrogen and oxygen atoms in total. The number of aromatic amines is 1. The Hall–Kier alpha value is -5.18. The van der Waals surface area contributed by atoms with E-state index < -0.39 is 81.4 Å². The van der Waals surface area contributed by atoms with Crippen LogP contribution in [0.4, 0.5) is 17.3 Å². The monoisotopic (exact) mass is 672 g/mol. The molecule has 6 rings (SSSR count). The standard InChI is InChI=1S/C35H40N6O8/c1-6-41(7-2)17-10-8-16(9-11-17)20-14-37-34(39-20)38-19-13-12-18-15(3)21-23(28(43)22(18)27(19)42)31(46)35(49)25(29(21)44)26(40(4)5)30(45)24(32(35)47)33(36)48/h8-15,21,25-26,29,42,44-46,49H,6-7H2,1-5H3,(H2,36,48)(H2,37,38,39)/t15-,21+,25+,26-,29-,35-/m0/s1. The Bertz CT molecular complexity index is 1930. The lowest BCUT2D eigenvalue weighted by Gasteiger charge is -2.53. The maximum absolute atomic E-state index is 14.2. The zero-order valence-electron chi connectivity index (χ0n) is 27.7. The number of primary amides is 1. The molecule has 3 aromatic rings. The number of anilines is 3. The maximum atomic E-state index is 14.2. The summed E-state index contributed by atoms with van der Waals surface area (Å²) in [5.41, 5.74) is 3.82. The van der Waals surface area contributed by atoms with Crippen LogP contribution in [-0.2, 0) is 9.59 Å². The molecule has 1 aromatic heterocycles. The number of aromatic hydroxyl groups is 1. The number of phenols is 1. The van der Waals surface area contributed by atoms with Crippen molar-refractivity contribution in [3.05, 3.63) is 76.4 Å². The summed E-state index contributed by atoms with van der Waals surface area (Å²) < 4.78 is 0. The second kappa shape index (κ2) is 12.1. The van der Waals surface area contributed by atoms with Crippen LogP contribution in [0.3, 0.4) is 0 Å². The van der Waals surface area contributed by atoms with Crippen molar-refractivity contribution in [2.75, 3.05) is 37.4 Å². The molecule has 0 saturated carbocycles. The molecule has 1 amide bonds. The quantitative estimate of drug-likeness (QED) is 0.128. The molecule has 0 bridgehead atoms. The topological polar surface area (TPSA) is 226 Å². The number of carbonyl (C=O) groups excluding carboxylic acids is 3. The highest BCUT2D eigenvalue weighted by Gasteiger charge is 2.67. The number of rotatable bonds is 8. The van der Waals surface area contributed by atoms with E-state index in [1.807, 2.05) is 24.3 Å². The van der Waals surface area contributed by atoms with Gasteiger partial charge in [0.05, 0.1) is 35.0 Å². The number of fused-ring (bicyclic) bond motifs is 3. The van der Waals surface area contributed by atoms with Crippen molar-refractivity contribution in [1.29, 1.82) is 0 Å². The number of carbonyl (C=O) groups is 3. The van der Waals surface area contributed by atoms with Gasteiger partial charge in [-0.25, -0.2) is 4.98 Å². The number of amides is 1. The normalized spacial score (nSPS) is 26.4. The lowest BCUT2D eigenvalue weighted by molar-refractivity contribution is -0.162. The summed E-state index contributed by atoms with van der Waals surface area (Å²) in [5.74, 6) is -9.21. The minimum Gasteiger partial charge on any atom is -0.510 e. The summed E-state index contributed by atoms with van der Waals surface area (Å²) in [6.07, 6.45) is 0.0265. The van der Waals surface area contributed by atoms with E-state index >= 15 is 0 Å². The summed E-state index contributed by atoms with van der Waals surface area (Å²) >= 11 is 0. The predicted molar refractivity (Wildman–Crippen MR) is 181 cm³/mol. The Kier molecular flexibility index (Phi) is 8.29. The van der Waals surface area contributed by atoms with Crippen LogP contribution in [-0.4, -0.2) is 103 Å². The summed E-state index contributed by atoms with van der Waals surface area (Å²) in [6, 6.07) is 9.78. The van der Waals surface area contributed by atoms with Crippen molar-refractivity contribution in [3.63, 3.8) is 0 Å². The fourth-order valence-electron chi connectivity index (χ4n) is 7.82. The largest absolute Gasteiger partial charge is 0.510 e. The number of imidazole rings is 1. The molecule has 0 aliphatic heterocycles. The van der Waals surface area contributed by atoms with Gasteiger partial charge in [0.15, 0.2) is 17.1 Å². The Morgan fingerprint density at radius 1 is 1.06 bits per heavy atom. The Morgan fingerprint density at radius 2 is 1.71 bits per heavy atom. The fraction of sp³-hybridized carbons (Fsp3) is 0.371. The van der Waals surface area contributed by atoms with Crippen LogP contribution in [0.15, 0.2) is 65.3 Å². The van der Waals surface area contributed by atoms with Gasteiger partial charge in [0.2, 0.25) is 11.7 Å². The van der Waals surface area contributed by atoms with Crippen LogP contribution in [0.2, 0.25) is 0 Å². The molecule has 6 atom stereocenters. The molecule has 1 heterocycles. The molecule has 49 heavy (non-hydrogen) atoms. The number of benzene rings is 2. The summed E-state index contributed by atoms with van der Waals surface area (Å²) in [5, 5.41) is 60.7. The van der Waals surface area contributed by atoms with Gasteiger partial charge in [-0.05, 0) is 57.6 Å². The minimum absolute atomic E-state index is 0.105. The van der Waals surface area contributed by atoms with Gasteiger partial charge in [0.1, 0.15) is 17.1 Å². The van der Waals surface area contributed by atoms with Crippen LogP contribution < -0.4 is 16.0 Å². The molecule has 0 fully saturated rings. The first kappa shape index (κ1) is 33.7. The van der Waals surface area contributed by atoms with Crippen LogP contribution in [0.1, 0.15) is 42.6 Å². The minimum atomic E-state index is -2.98. The average Bonchev–Trinajstić information content (AvgIpc) is 3.53. The molecule has 0 spiro atoms. The van der Waals surface area contributed by atoms with Crippen molar-refractivity contribution in [1.82, 2.24) is 14.9 Å². The maximum Gasteiger partial charge on any atom is 0.255 e. The van der Waals surface area contributed by atoms with Gasteiger partial charge >= 0.3 is 0 Å². The summed E-state index contributed by atoms with van der Waals surface area (Å²) in [6.45, 7) is 7.61. The third-order valence-corrected chi connectivity index (χ3v) is 10.3. The van der Waals surface area contributed by atoms with E-state index in [2.05, 4.69) is 34.0 Å². The number of hydrogen-bond donors (Lipinski definition) is 8.